The third-order valence-corrected chi connectivity index (χ3v) is 3.32. The van der Waals surface area contributed by atoms with Crippen LogP contribution in [-0.2, 0) is 0 Å². The molecule has 10 heavy (non-hydrogen) atoms. The molecule has 0 aromatic heterocycles. The van der Waals surface area contributed by atoms with E-state index in [9.17, 15) is 0 Å². The fourth-order valence-electron chi connectivity index (χ4n) is 1.60. The maximum absolute atomic E-state index is 6.14. The molecule has 0 bridgehead atoms. The average molecular weight is 161 g/mol. The molecule has 0 spiro atoms. The molecule has 0 amide bonds. The lowest BCUT2D eigenvalue weighted by Crippen LogP contribution is -2.07. The molecule has 1 rings (SSSR count). The van der Waals surface area contributed by atoms with Crippen LogP contribution in [0.2, 0.25) is 0 Å². The van der Waals surface area contributed by atoms with E-state index in [0.29, 0.717) is 5.38 Å². The number of halogens is 1. The SMILES string of the molecule is CC1CCC(C)C(Cl)CC1. The molecule has 1 fully saturated rings. The van der Waals surface area contributed by atoms with Crippen molar-refractivity contribution in [1.29, 1.82) is 0 Å². The van der Waals surface area contributed by atoms with Gasteiger partial charge in [-0.3, -0.25) is 0 Å². The first-order chi connectivity index (χ1) is 4.70. The maximum Gasteiger partial charge on any atom is 0.0361 e. The van der Waals surface area contributed by atoms with Gasteiger partial charge in [-0.15, -0.1) is 11.6 Å². The molecule has 0 aliphatic heterocycles. The summed E-state index contributed by atoms with van der Waals surface area (Å²) in [6, 6.07) is 0. The van der Waals surface area contributed by atoms with E-state index in [1.807, 2.05) is 0 Å². The van der Waals surface area contributed by atoms with Crippen LogP contribution in [0, 0.1) is 11.8 Å². The van der Waals surface area contributed by atoms with Crippen molar-refractivity contribution < 1.29 is 0 Å². The summed E-state index contributed by atoms with van der Waals surface area (Å²) >= 11 is 6.14. The molecule has 0 N–H and O–H groups in total. The van der Waals surface area contributed by atoms with Crippen molar-refractivity contribution in [3.05, 3.63) is 0 Å². The Morgan fingerprint density at radius 1 is 1.00 bits per heavy atom. The second-order valence-electron chi connectivity index (χ2n) is 3.75. The van der Waals surface area contributed by atoms with E-state index in [4.69, 9.17) is 11.6 Å². The zero-order chi connectivity index (χ0) is 7.56. The fourth-order valence-corrected chi connectivity index (χ4v) is 1.85. The molecule has 0 saturated heterocycles. The summed E-state index contributed by atoms with van der Waals surface area (Å²) in [6.45, 7) is 4.61. The van der Waals surface area contributed by atoms with Crippen molar-refractivity contribution in [1.82, 2.24) is 0 Å². The molecule has 1 aliphatic carbocycles. The fraction of sp³-hybridized carbons (Fsp3) is 1.00. The van der Waals surface area contributed by atoms with Crippen molar-refractivity contribution in [2.45, 2.75) is 44.9 Å². The van der Waals surface area contributed by atoms with Gasteiger partial charge in [0.1, 0.15) is 0 Å². The van der Waals surface area contributed by atoms with Gasteiger partial charge in [-0.1, -0.05) is 20.3 Å². The Morgan fingerprint density at radius 3 is 2.30 bits per heavy atom. The molecular weight excluding hydrogens is 144 g/mol. The Hall–Kier alpha value is 0.290. The summed E-state index contributed by atoms with van der Waals surface area (Å²) in [4.78, 5) is 0. The Labute approximate surface area is 69.0 Å². The van der Waals surface area contributed by atoms with E-state index in [2.05, 4.69) is 13.8 Å². The van der Waals surface area contributed by atoms with Gasteiger partial charge in [0.15, 0.2) is 0 Å². The summed E-state index contributed by atoms with van der Waals surface area (Å²) < 4.78 is 0. The van der Waals surface area contributed by atoms with Gasteiger partial charge < -0.3 is 0 Å². The van der Waals surface area contributed by atoms with Crippen LogP contribution in [0.25, 0.3) is 0 Å². The van der Waals surface area contributed by atoms with E-state index in [1.165, 1.54) is 25.7 Å². The first-order valence-corrected chi connectivity index (χ1v) is 4.78. The lowest BCUT2D eigenvalue weighted by Gasteiger charge is -2.12. The number of rotatable bonds is 0. The van der Waals surface area contributed by atoms with Crippen LogP contribution in [0.1, 0.15) is 39.5 Å². The quantitative estimate of drug-likeness (QED) is 0.376. The Balaban J connectivity index is 2.38. The third-order valence-electron chi connectivity index (χ3n) is 2.67. The smallest absolute Gasteiger partial charge is 0.0361 e. The van der Waals surface area contributed by atoms with E-state index in [-0.39, 0.29) is 0 Å². The van der Waals surface area contributed by atoms with Crippen LogP contribution in [0.15, 0.2) is 0 Å². The molecule has 3 atom stereocenters. The van der Waals surface area contributed by atoms with Gasteiger partial charge in [0.2, 0.25) is 0 Å². The van der Waals surface area contributed by atoms with E-state index in [0.717, 1.165) is 11.8 Å². The lowest BCUT2D eigenvalue weighted by atomic mass is 10.0. The van der Waals surface area contributed by atoms with Crippen LogP contribution < -0.4 is 0 Å². The Kier molecular flexibility index (Phi) is 3.03. The van der Waals surface area contributed by atoms with Crippen LogP contribution in [-0.4, -0.2) is 5.38 Å². The van der Waals surface area contributed by atoms with Crippen molar-refractivity contribution in [2.75, 3.05) is 0 Å². The maximum atomic E-state index is 6.14. The van der Waals surface area contributed by atoms with Gasteiger partial charge >= 0.3 is 0 Å². The van der Waals surface area contributed by atoms with Gasteiger partial charge in [-0.05, 0) is 31.1 Å². The topological polar surface area (TPSA) is 0 Å². The summed E-state index contributed by atoms with van der Waals surface area (Å²) in [5, 5.41) is 0.449. The van der Waals surface area contributed by atoms with Crippen LogP contribution in [0.4, 0.5) is 0 Å². The van der Waals surface area contributed by atoms with Gasteiger partial charge in [-0.25, -0.2) is 0 Å². The third kappa shape index (κ3) is 2.16. The summed E-state index contributed by atoms with van der Waals surface area (Å²) in [5.41, 5.74) is 0. The molecule has 3 unspecified atom stereocenters. The van der Waals surface area contributed by atoms with Crippen LogP contribution in [0.5, 0.6) is 0 Å². The van der Waals surface area contributed by atoms with E-state index in [1.54, 1.807) is 0 Å². The molecular formula is C9H17Cl. The molecule has 0 heterocycles. The molecule has 1 aliphatic rings. The minimum absolute atomic E-state index is 0.449. The van der Waals surface area contributed by atoms with Gasteiger partial charge in [0.05, 0.1) is 0 Å². The highest BCUT2D eigenvalue weighted by Gasteiger charge is 2.20. The predicted octanol–water partition coefficient (Wildman–Crippen LogP) is 3.44. The molecule has 60 valence electrons. The molecule has 1 saturated carbocycles. The highest BCUT2D eigenvalue weighted by atomic mass is 35.5. The number of hydrogen-bond acceptors (Lipinski definition) is 0. The van der Waals surface area contributed by atoms with Crippen molar-refractivity contribution >= 4 is 11.6 Å². The number of alkyl halides is 1. The molecule has 1 heteroatoms. The first-order valence-electron chi connectivity index (χ1n) is 4.34. The Morgan fingerprint density at radius 2 is 1.60 bits per heavy atom. The zero-order valence-electron chi connectivity index (χ0n) is 6.94. The zero-order valence-corrected chi connectivity index (χ0v) is 7.69. The van der Waals surface area contributed by atoms with Crippen LogP contribution in [0.3, 0.4) is 0 Å². The highest BCUT2D eigenvalue weighted by molar-refractivity contribution is 6.20. The summed E-state index contributed by atoms with van der Waals surface area (Å²) in [7, 11) is 0. The lowest BCUT2D eigenvalue weighted by molar-refractivity contribution is 0.477. The molecule has 0 radical (unpaired) electrons. The largest absolute Gasteiger partial charge is 0.123 e. The van der Waals surface area contributed by atoms with E-state index < -0.39 is 0 Å². The van der Waals surface area contributed by atoms with Gasteiger partial charge in [0, 0.05) is 5.38 Å². The average Bonchev–Trinajstić information content (AvgIpc) is 2.04. The minimum Gasteiger partial charge on any atom is -0.123 e. The molecule has 0 aromatic rings. The molecule has 0 nitrogen and oxygen atoms in total. The predicted molar refractivity (Wildman–Crippen MR) is 46.4 cm³/mol. The second-order valence-corrected chi connectivity index (χ2v) is 4.31. The Bertz CT molecular complexity index is 88.9. The number of hydrogen-bond donors (Lipinski definition) is 0. The first kappa shape index (κ1) is 8.39. The van der Waals surface area contributed by atoms with Gasteiger partial charge in [-0.2, -0.15) is 0 Å². The van der Waals surface area contributed by atoms with Gasteiger partial charge in [0.25, 0.3) is 0 Å². The van der Waals surface area contributed by atoms with Crippen molar-refractivity contribution in [2.24, 2.45) is 11.8 Å². The highest BCUT2D eigenvalue weighted by Crippen LogP contribution is 2.29. The van der Waals surface area contributed by atoms with E-state index >= 15 is 0 Å². The molecule has 0 aromatic carbocycles. The normalized spacial score (nSPS) is 42.9. The van der Waals surface area contributed by atoms with Crippen molar-refractivity contribution in [3.8, 4) is 0 Å². The standard InChI is InChI=1S/C9H17Cl/c1-7-3-5-8(2)9(10)6-4-7/h7-9H,3-6H2,1-2H3. The summed E-state index contributed by atoms with van der Waals surface area (Å²) in [5.74, 6) is 1.65. The monoisotopic (exact) mass is 160 g/mol. The van der Waals surface area contributed by atoms with Crippen LogP contribution >= 0.6 is 11.6 Å². The minimum atomic E-state index is 0.449. The second kappa shape index (κ2) is 3.61. The summed E-state index contributed by atoms with van der Waals surface area (Å²) in [6.07, 6.45) is 5.27. The van der Waals surface area contributed by atoms with Crippen molar-refractivity contribution in [3.63, 3.8) is 0 Å².